The molecule has 0 aliphatic carbocycles. The average Bonchev–Trinajstić information content (AvgIpc) is 2.81. The fourth-order valence-electron chi connectivity index (χ4n) is 2.05. The SMILES string of the molecule is Nc1cc(F)ccc1C(=O)NCCC1CCCO1. The van der Waals surface area contributed by atoms with Crippen LogP contribution in [0.25, 0.3) is 0 Å². The van der Waals surface area contributed by atoms with Gasteiger partial charge in [-0.3, -0.25) is 4.79 Å². The molecule has 0 radical (unpaired) electrons. The Kier molecular flexibility index (Phi) is 4.15. The summed E-state index contributed by atoms with van der Waals surface area (Å²) in [5.41, 5.74) is 6.06. The molecule has 0 aromatic heterocycles. The summed E-state index contributed by atoms with van der Waals surface area (Å²) in [7, 11) is 0. The second kappa shape index (κ2) is 5.82. The quantitative estimate of drug-likeness (QED) is 0.802. The number of anilines is 1. The zero-order valence-electron chi connectivity index (χ0n) is 10.1. The van der Waals surface area contributed by atoms with Crippen molar-refractivity contribution >= 4 is 11.6 Å². The number of benzene rings is 1. The lowest BCUT2D eigenvalue weighted by Crippen LogP contribution is -2.27. The van der Waals surface area contributed by atoms with Crippen LogP contribution in [0.5, 0.6) is 0 Å². The molecule has 0 bridgehead atoms. The molecule has 1 aliphatic heterocycles. The predicted molar refractivity (Wildman–Crippen MR) is 66.7 cm³/mol. The normalized spacial score (nSPS) is 18.8. The number of carbonyl (C=O) groups excluding carboxylic acids is 1. The van der Waals surface area contributed by atoms with E-state index in [-0.39, 0.29) is 17.7 Å². The lowest BCUT2D eigenvalue weighted by Gasteiger charge is -2.11. The van der Waals surface area contributed by atoms with E-state index in [0.717, 1.165) is 31.9 Å². The van der Waals surface area contributed by atoms with Crippen molar-refractivity contribution in [1.29, 1.82) is 0 Å². The van der Waals surface area contributed by atoms with Gasteiger partial charge in [0.15, 0.2) is 0 Å². The third kappa shape index (κ3) is 3.20. The Morgan fingerprint density at radius 2 is 2.39 bits per heavy atom. The molecule has 1 atom stereocenters. The number of nitrogens with one attached hydrogen (secondary N) is 1. The van der Waals surface area contributed by atoms with Crippen molar-refractivity contribution in [2.45, 2.75) is 25.4 Å². The molecule has 2 rings (SSSR count). The number of ether oxygens (including phenoxy) is 1. The van der Waals surface area contributed by atoms with E-state index in [9.17, 15) is 9.18 Å². The van der Waals surface area contributed by atoms with Crippen molar-refractivity contribution in [2.75, 3.05) is 18.9 Å². The molecule has 1 amide bonds. The van der Waals surface area contributed by atoms with E-state index in [2.05, 4.69) is 5.32 Å². The maximum atomic E-state index is 12.8. The summed E-state index contributed by atoms with van der Waals surface area (Å²) < 4.78 is 18.3. The van der Waals surface area contributed by atoms with Crippen molar-refractivity contribution < 1.29 is 13.9 Å². The van der Waals surface area contributed by atoms with Crippen LogP contribution in [0, 0.1) is 5.82 Å². The molecule has 0 saturated carbocycles. The van der Waals surface area contributed by atoms with Crippen LogP contribution >= 0.6 is 0 Å². The van der Waals surface area contributed by atoms with Gasteiger partial charge in [-0.15, -0.1) is 0 Å². The van der Waals surface area contributed by atoms with E-state index in [1.165, 1.54) is 12.1 Å². The Labute approximate surface area is 105 Å². The maximum absolute atomic E-state index is 12.8. The van der Waals surface area contributed by atoms with Crippen LogP contribution in [-0.4, -0.2) is 25.2 Å². The number of rotatable bonds is 4. The first-order valence-electron chi connectivity index (χ1n) is 6.11. The highest BCUT2D eigenvalue weighted by molar-refractivity contribution is 5.99. The van der Waals surface area contributed by atoms with Crippen molar-refractivity contribution in [1.82, 2.24) is 5.32 Å². The molecule has 1 aromatic carbocycles. The molecule has 1 aromatic rings. The molecule has 18 heavy (non-hydrogen) atoms. The summed E-state index contributed by atoms with van der Waals surface area (Å²) in [6.07, 6.45) is 3.18. The molecule has 1 unspecified atom stereocenters. The molecule has 1 saturated heterocycles. The lowest BCUT2D eigenvalue weighted by molar-refractivity contribution is 0.0908. The highest BCUT2D eigenvalue weighted by Gasteiger charge is 2.16. The predicted octanol–water partition coefficient (Wildman–Crippen LogP) is 1.71. The summed E-state index contributed by atoms with van der Waals surface area (Å²) in [5, 5.41) is 2.76. The Balaban J connectivity index is 1.83. The van der Waals surface area contributed by atoms with Crippen molar-refractivity contribution in [3.63, 3.8) is 0 Å². The van der Waals surface area contributed by atoms with Crippen LogP contribution in [0.3, 0.4) is 0 Å². The van der Waals surface area contributed by atoms with E-state index < -0.39 is 5.82 Å². The second-order valence-electron chi connectivity index (χ2n) is 4.41. The number of amides is 1. The summed E-state index contributed by atoms with van der Waals surface area (Å²) in [5.74, 6) is -0.714. The highest BCUT2D eigenvalue weighted by Crippen LogP contribution is 2.15. The van der Waals surface area contributed by atoms with Crippen LogP contribution in [0.15, 0.2) is 18.2 Å². The topological polar surface area (TPSA) is 64.4 Å². The Morgan fingerprint density at radius 1 is 1.56 bits per heavy atom. The van der Waals surface area contributed by atoms with Gasteiger partial charge in [-0.25, -0.2) is 4.39 Å². The smallest absolute Gasteiger partial charge is 0.253 e. The van der Waals surface area contributed by atoms with Gasteiger partial charge in [0.2, 0.25) is 0 Å². The molecule has 1 aliphatic rings. The minimum atomic E-state index is -0.441. The number of hydrogen-bond donors (Lipinski definition) is 2. The van der Waals surface area contributed by atoms with Crippen LogP contribution in [0.4, 0.5) is 10.1 Å². The standard InChI is InChI=1S/C13H17FN2O2/c14-9-3-4-11(12(15)8-9)13(17)16-6-5-10-2-1-7-18-10/h3-4,8,10H,1-2,5-7,15H2,(H,16,17). The van der Waals surface area contributed by atoms with Gasteiger partial charge in [-0.1, -0.05) is 0 Å². The first-order valence-corrected chi connectivity index (χ1v) is 6.11. The molecule has 98 valence electrons. The third-order valence-electron chi connectivity index (χ3n) is 3.03. The average molecular weight is 252 g/mol. The minimum Gasteiger partial charge on any atom is -0.398 e. The van der Waals surface area contributed by atoms with Crippen molar-refractivity contribution in [3.05, 3.63) is 29.6 Å². The molecule has 4 nitrogen and oxygen atoms in total. The van der Waals surface area contributed by atoms with E-state index in [1.54, 1.807) is 0 Å². The van der Waals surface area contributed by atoms with Crippen LogP contribution in [0.2, 0.25) is 0 Å². The summed E-state index contributed by atoms with van der Waals surface area (Å²) in [4.78, 5) is 11.8. The Morgan fingerprint density at radius 3 is 3.06 bits per heavy atom. The van der Waals surface area contributed by atoms with Crippen LogP contribution < -0.4 is 11.1 Å². The van der Waals surface area contributed by atoms with Gasteiger partial charge in [0.25, 0.3) is 5.91 Å². The number of nitrogen functional groups attached to an aromatic ring is 1. The molecule has 1 heterocycles. The van der Waals surface area contributed by atoms with E-state index in [1.807, 2.05) is 0 Å². The van der Waals surface area contributed by atoms with Gasteiger partial charge >= 0.3 is 0 Å². The van der Waals surface area contributed by atoms with Gasteiger partial charge in [-0.2, -0.15) is 0 Å². The Hall–Kier alpha value is -1.62. The second-order valence-corrected chi connectivity index (χ2v) is 4.41. The number of carbonyl (C=O) groups is 1. The highest BCUT2D eigenvalue weighted by atomic mass is 19.1. The zero-order valence-corrected chi connectivity index (χ0v) is 10.1. The van der Waals surface area contributed by atoms with Crippen molar-refractivity contribution in [3.8, 4) is 0 Å². The van der Waals surface area contributed by atoms with Gasteiger partial charge < -0.3 is 15.8 Å². The first-order chi connectivity index (χ1) is 8.66. The minimum absolute atomic E-state index is 0.157. The van der Waals surface area contributed by atoms with Gasteiger partial charge in [0, 0.05) is 18.8 Å². The molecular formula is C13H17FN2O2. The third-order valence-corrected chi connectivity index (χ3v) is 3.03. The van der Waals surface area contributed by atoms with Gasteiger partial charge in [0.1, 0.15) is 5.82 Å². The summed E-state index contributed by atoms with van der Waals surface area (Å²) in [6, 6.07) is 3.77. The zero-order chi connectivity index (χ0) is 13.0. The molecule has 3 N–H and O–H groups in total. The number of nitrogens with two attached hydrogens (primary N) is 1. The Bertz CT molecular complexity index is 431. The molecule has 0 spiro atoms. The van der Waals surface area contributed by atoms with E-state index in [4.69, 9.17) is 10.5 Å². The molecule has 1 fully saturated rings. The first kappa shape index (κ1) is 12.8. The van der Waals surface area contributed by atoms with Crippen molar-refractivity contribution in [2.24, 2.45) is 0 Å². The lowest BCUT2D eigenvalue weighted by atomic mass is 10.1. The number of hydrogen-bond acceptors (Lipinski definition) is 3. The molecule has 5 heteroatoms. The van der Waals surface area contributed by atoms with Gasteiger partial charge in [-0.05, 0) is 37.5 Å². The monoisotopic (exact) mass is 252 g/mol. The summed E-state index contributed by atoms with van der Waals surface area (Å²) >= 11 is 0. The van der Waals surface area contributed by atoms with Gasteiger partial charge in [0.05, 0.1) is 11.7 Å². The maximum Gasteiger partial charge on any atom is 0.253 e. The van der Waals surface area contributed by atoms with Crippen LogP contribution in [0.1, 0.15) is 29.6 Å². The fourth-order valence-corrected chi connectivity index (χ4v) is 2.05. The van der Waals surface area contributed by atoms with E-state index in [0.29, 0.717) is 12.1 Å². The molecular weight excluding hydrogens is 235 g/mol. The largest absolute Gasteiger partial charge is 0.398 e. The fraction of sp³-hybridized carbons (Fsp3) is 0.462. The van der Waals surface area contributed by atoms with E-state index >= 15 is 0 Å². The number of halogens is 1. The van der Waals surface area contributed by atoms with Crippen LogP contribution in [-0.2, 0) is 4.74 Å². The summed E-state index contributed by atoms with van der Waals surface area (Å²) in [6.45, 7) is 1.35.